The molecule has 0 fully saturated rings. The van der Waals surface area contributed by atoms with E-state index in [2.05, 4.69) is 43.5 Å². The van der Waals surface area contributed by atoms with Gasteiger partial charge in [-0.2, -0.15) is 0 Å². The topological polar surface area (TPSA) is 69.6 Å². The van der Waals surface area contributed by atoms with Gasteiger partial charge in [-0.1, -0.05) is 250 Å². The first-order valence-corrected chi connectivity index (χ1v) is 25.0. The summed E-state index contributed by atoms with van der Waals surface area (Å²) in [6.45, 7) is 4.35. The Hall–Kier alpha value is -1.13. The van der Waals surface area contributed by atoms with Crippen molar-refractivity contribution in [3.63, 3.8) is 0 Å². The van der Waals surface area contributed by atoms with Gasteiger partial charge in [0.2, 0.25) is 5.91 Å². The fourth-order valence-corrected chi connectivity index (χ4v) is 7.86. The molecule has 0 aromatic heterocycles. The molecule has 55 heavy (non-hydrogen) atoms. The molecule has 1 amide bonds. The fraction of sp³-hybridized carbons (Fsp3) is 0.902. The van der Waals surface area contributed by atoms with E-state index >= 15 is 0 Å². The lowest BCUT2D eigenvalue weighted by Gasteiger charge is -2.22. The smallest absolute Gasteiger partial charge is 0.220 e. The quantitative estimate of drug-likeness (QED) is 0.0426. The summed E-state index contributed by atoms with van der Waals surface area (Å²) < 4.78 is 0. The van der Waals surface area contributed by atoms with Crippen LogP contribution in [0.15, 0.2) is 24.3 Å². The van der Waals surface area contributed by atoms with Gasteiger partial charge in [-0.05, 0) is 44.9 Å². The molecule has 0 bridgehead atoms. The Morgan fingerprint density at radius 1 is 0.436 bits per heavy atom. The number of hydrogen-bond acceptors (Lipinski definition) is 3. The van der Waals surface area contributed by atoms with Crippen molar-refractivity contribution in [2.45, 2.75) is 289 Å². The number of allylic oxidation sites excluding steroid dienone is 4. The second-order valence-electron chi connectivity index (χ2n) is 17.2. The average molecular weight is 774 g/mol. The Morgan fingerprint density at radius 2 is 0.745 bits per heavy atom. The molecule has 0 heterocycles. The molecule has 4 nitrogen and oxygen atoms in total. The maximum atomic E-state index is 12.4. The fourth-order valence-electron chi connectivity index (χ4n) is 7.86. The third-order valence-corrected chi connectivity index (χ3v) is 11.7. The predicted octanol–water partition coefficient (Wildman–Crippen LogP) is 16.0. The van der Waals surface area contributed by atoms with Crippen LogP contribution in [0.4, 0.5) is 0 Å². The monoisotopic (exact) mass is 774 g/mol. The molecule has 0 aliphatic carbocycles. The van der Waals surface area contributed by atoms with Crippen LogP contribution in [0.1, 0.15) is 277 Å². The highest BCUT2D eigenvalue weighted by Crippen LogP contribution is 2.17. The summed E-state index contributed by atoms with van der Waals surface area (Å²) in [6, 6.07) is -0.542. The van der Waals surface area contributed by atoms with Gasteiger partial charge in [0.1, 0.15) is 0 Å². The number of carbonyl (C=O) groups excluding carboxylic acids is 1. The lowest BCUT2D eigenvalue weighted by atomic mass is 10.0. The van der Waals surface area contributed by atoms with Crippen molar-refractivity contribution in [1.29, 1.82) is 0 Å². The van der Waals surface area contributed by atoms with Crippen molar-refractivity contribution in [1.82, 2.24) is 5.32 Å². The number of nitrogens with one attached hydrogen (secondary N) is 1. The first-order chi connectivity index (χ1) is 27.2. The Bertz CT molecular complexity index is 795. The Labute approximate surface area is 345 Å². The van der Waals surface area contributed by atoms with E-state index in [1.165, 1.54) is 205 Å². The van der Waals surface area contributed by atoms with Crippen LogP contribution in [0.25, 0.3) is 0 Å². The van der Waals surface area contributed by atoms with Gasteiger partial charge in [0, 0.05) is 6.42 Å². The third-order valence-electron chi connectivity index (χ3n) is 11.7. The molecule has 0 saturated heterocycles. The van der Waals surface area contributed by atoms with E-state index in [1.54, 1.807) is 0 Å². The van der Waals surface area contributed by atoms with Crippen LogP contribution in [0.5, 0.6) is 0 Å². The third kappa shape index (κ3) is 43.8. The molecular weight excluding hydrogens is 675 g/mol. The lowest BCUT2D eigenvalue weighted by Crippen LogP contribution is -2.45. The van der Waals surface area contributed by atoms with Gasteiger partial charge in [-0.25, -0.2) is 0 Å². The van der Waals surface area contributed by atoms with E-state index < -0.39 is 12.1 Å². The van der Waals surface area contributed by atoms with Crippen LogP contribution in [0.3, 0.4) is 0 Å². The van der Waals surface area contributed by atoms with Crippen LogP contribution >= 0.6 is 0 Å². The number of hydrogen-bond donors (Lipinski definition) is 3. The van der Waals surface area contributed by atoms with Gasteiger partial charge in [0.15, 0.2) is 0 Å². The number of aliphatic hydroxyl groups is 2. The number of amides is 1. The number of aliphatic hydroxyl groups excluding tert-OH is 2. The maximum absolute atomic E-state index is 12.4. The Balaban J connectivity index is 3.43. The van der Waals surface area contributed by atoms with Crippen molar-refractivity contribution < 1.29 is 15.0 Å². The highest BCUT2D eigenvalue weighted by Gasteiger charge is 2.20. The van der Waals surface area contributed by atoms with Crippen LogP contribution in [0.2, 0.25) is 0 Å². The molecule has 0 aromatic carbocycles. The summed E-state index contributed by atoms with van der Waals surface area (Å²) in [5.74, 6) is -0.0424. The zero-order valence-electron chi connectivity index (χ0n) is 37.5. The van der Waals surface area contributed by atoms with Crippen molar-refractivity contribution >= 4 is 5.91 Å². The summed E-state index contributed by atoms with van der Waals surface area (Å²) in [6.07, 6.45) is 61.4. The minimum absolute atomic E-state index is 0.0424. The van der Waals surface area contributed by atoms with Crippen LogP contribution in [-0.4, -0.2) is 34.9 Å². The largest absolute Gasteiger partial charge is 0.394 e. The van der Waals surface area contributed by atoms with Crippen molar-refractivity contribution in [2.24, 2.45) is 0 Å². The van der Waals surface area contributed by atoms with E-state index in [-0.39, 0.29) is 12.5 Å². The normalized spacial score (nSPS) is 13.0. The van der Waals surface area contributed by atoms with Gasteiger partial charge in [-0.3, -0.25) is 4.79 Å². The SMILES string of the molecule is CCCCC/C=C\C/C=C\CCCCCCCC(=O)NC(CO)C(O)CCCCCCCCCCCCCCCCCCCCCCCCCCCCCC. The summed E-state index contributed by atoms with van der Waals surface area (Å²) >= 11 is 0. The summed E-state index contributed by atoms with van der Waals surface area (Å²) in [7, 11) is 0. The van der Waals surface area contributed by atoms with E-state index in [4.69, 9.17) is 0 Å². The second kappa shape index (κ2) is 47.2. The van der Waals surface area contributed by atoms with Crippen LogP contribution in [0, 0.1) is 0 Å². The summed E-state index contributed by atoms with van der Waals surface area (Å²) in [5, 5.41) is 23.2. The standard InChI is InChI=1S/C51H99NO3/c1-3-5-7-9-11-13-15-17-19-20-21-22-23-24-25-26-27-28-29-30-31-33-34-36-38-40-42-44-46-50(54)49(48-53)52-51(55)47-45-43-41-39-37-35-32-18-16-14-12-10-8-6-4-2/h12,14,18,32,49-50,53-54H,3-11,13,15-17,19-31,33-48H2,1-2H3,(H,52,55)/b14-12-,32-18-. The number of rotatable bonds is 46. The zero-order chi connectivity index (χ0) is 40.0. The van der Waals surface area contributed by atoms with Gasteiger partial charge in [0.25, 0.3) is 0 Å². The first kappa shape index (κ1) is 53.9. The highest BCUT2D eigenvalue weighted by molar-refractivity contribution is 5.76. The summed E-state index contributed by atoms with van der Waals surface area (Å²) in [4.78, 5) is 12.4. The Kier molecular flexibility index (Phi) is 46.3. The van der Waals surface area contributed by atoms with Gasteiger partial charge in [0.05, 0.1) is 18.8 Å². The minimum atomic E-state index is -0.664. The average Bonchev–Trinajstić information content (AvgIpc) is 3.19. The van der Waals surface area contributed by atoms with Crippen molar-refractivity contribution in [2.75, 3.05) is 6.61 Å². The summed E-state index contributed by atoms with van der Waals surface area (Å²) in [5.41, 5.74) is 0. The minimum Gasteiger partial charge on any atom is -0.394 e. The molecule has 2 unspecified atom stereocenters. The zero-order valence-corrected chi connectivity index (χ0v) is 37.5. The predicted molar refractivity (Wildman–Crippen MR) is 244 cm³/mol. The molecule has 0 aliphatic rings. The first-order valence-electron chi connectivity index (χ1n) is 25.0. The molecule has 0 aliphatic heterocycles. The van der Waals surface area contributed by atoms with Gasteiger partial charge in [-0.15, -0.1) is 0 Å². The number of carbonyl (C=O) groups is 1. The van der Waals surface area contributed by atoms with E-state index in [0.717, 1.165) is 44.9 Å². The van der Waals surface area contributed by atoms with Crippen molar-refractivity contribution in [3.05, 3.63) is 24.3 Å². The molecule has 0 rings (SSSR count). The molecule has 0 saturated carbocycles. The van der Waals surface area contributed by atoms with E-state index in [1.807, 2.05) is 0 Å². The Morgan fingerprint density at radius 3 is 1.13 bits per heavy atom. The van der Waals surface area contributed by atoms with E-state index in [0.29, 0.717) is 12.8 Å². The second-order valence-corrected chi connectivity index (χ2v) is 17.2. The molecule has 0 radical (unpaired) electrons. The molecule has 0 aromatic rings. The van der Waals surface area contributed by atoms with Crippen molar-refractivity contribution in [3.8, 4) is 0 Å². The van der Waals surface area contributed by atoms with Gasteiger partial charge >= 0.3 is 0 Å². The molecule has 3 N–H and O–H groups in total. The van der Waals surface area contributed by atoms with E-state index in [9.17, 15) is 15.0 Å². The van der Waals surface area contributed by atoms with Gasteiger partial charge < -0.3 is 15.5 Å². The number of unbranched alkanes of at least 4 members (excludes halogenated alkanes) is 35. The van der Waals surface area contributed by atoms with Crippen LogP contribution < -0.4 is 5.32 Å². The lowest BCUT2D eigenvalue weighted by molar-refractivity contribution is -0.123. The highest BCUT2D eigenvalue weighted by atomic mass is 16.3. The molecule has 326 valence electrons. The molecule has 4 heteroatoms. The van der Waals surface area contributed by atoms with Crippen LogP contribution in [-0.2, 0) is 4.79 Å². The molecule has 2 atom stereocenters. The molecule has 0 spiro atoms. The molecular formula is C51H99NO3. The maximum Gasteiger partial charge on any atom is 0.220 e.